The highest BCUT2D eigenvalue weighted by molar-refractivity contribution is 5.97. The van der Waals surface area contributed by atoms with Gasteiger partial charge in [0.05, 0.1) is 11.7 Å². The summed E-state index contributed by atoms with van der Waals surface area (Å²) in [5, 5.41) is 16.0. The Morgan fingerprint density at radius 3 is 2.58 bits per heavy atom. The molecule has 2 aliphatic rings. The number of nitrogens with zero attached hydrogens (tertiary/aromatic N) is 2. The van der Waals surface area contributed by atoms with Crippen LogP contribution in [-0.2, 0) is 4.74 Å². The summed E-state index contributed by atoms with van der Waals surface area (Å²) in [5.74, 6) is 0.746. The summed E-state index contributed by atoms with van der Waals surface area (Å²) in [4.78, 5) is 20.5. The van der Waals surface area contributed by atoms with Gasteiger partial charge in [-0.05, 0) is 50.9 Å². The number of carbonyl (C=O) groups is 1. The Balaban J connectivity index is 1.67. The maximum atomic E-state index is 11.7. The van der Waals surface area contributed by atoms with Gasteiger partial charge in [-0.1, -0.05) is 0 Å². The van der Waals surface area contributed by atoms with Crippen molar-refractivity contribution in [3.8, 4) is 0 Å². The molecule has 2 aliphatic carbocycles. The molecule has 8 nitrogen and oxygen atoms in total. The van der Waals surface area contributed by atoms with Crippen molar-refractivity contribution in [3.63, 3.8) is 0 Å². The summed E-state index contributed by atoms with van der Waals surface area (Å²) in [5.41, 5.74) is 5.77. The molecule has 2 fully saturated rings. The molecule has 1 unspecified atom stereocenters. The van der Waals surface area contributed by atoms with Crippen LogP contribution < -0.4 is 16.4 Å². The number of aliphatic hydroxyl groups excluding tert-OH is 1. The summed E-state index contributed by atoms with van der Waals surface area (Å²) in [7, 11) is 1.76. The van der Waals surface area contributed by atoms with E-state index in [0.717, 1.165) is 44.9 Å². The molecule has 2 saturated carbocycles. The lowest BCUT2D eigenvalue weighted by Gasteiger charge is -2.28. The molecule has 1 aromatic heterocycles. The van der Waals surface area contributed by atoms with Crippen LogP contribution in [0.15, 0.2) is 6.20 Å². The number of aromatic nitrogens is 2. The van der Waals surface area contributed by atoms with E-state index in [-0.39, 0.29) is 12.6 Å². The maximum Gasteiger partial charge on any atom is 0.254 e. The Morgan fingerprint density at radius 2 is 1.96 bits per heavy atom. The lowest BCUT2D eigenvalue weighted by atomic mass is 9.93. The molecule has 1 amide bonds. The third kappa shape index (κ3) is 4.62. The summed E-state index contributed by atoms with van der Waals surface area (Å²) in [6.45, 7) is 0.196. The lowest BCUT2D eigenvalue weighted by molar-refractivity contribution is 0.0681. The number of primary amides is 1. The standard InChI is InChI=1S/C18H29N5O3/c1-26-14-6-4-12(5-7-14)22-18-20-9-15(16(19)25)17(23-18)21-13-3-2-11(8-13)10-24/h9,11-14,24H,2-8,10H2,1H3,(H2,19,25)(H2,20,21,22,23)/t11-,12?,13?,14?/m0/s1. The minimum atomic E-state index is -0.545. The highest BCUT2D eigenvalue weighted by Crippen LogP contribution is 2.29. The zero-order valence-corrected chi connectivity index (χ0v) is 15.3. The van der Waals surface area contributed by atoms with Crippen LogP contribution in [0.1, 0.15) is 55.3 Å². The number of nitrogens with one attached hydrogen (secondary N) is 2. The number of methoxy groups -OCH3 is 1. The fraction of sp³-hybridized carbons (Fsp3) is 0.722. The van der Waals surface area contributed by atoms with Gasteiger partial charge in [-0.2, -0.15) is 4.98 Å². The van der Waals surface area contributed by atoms with Crippen molar-refractivity contribution in [3.05, 3.63) is 11.8 Å². The van der Waals surface area contributed by atoms with E-state index in [1.807, 2.05) is 0 Å². The monoisotopic (exact) mass is 363 g/mol. The molecule has 0 radical (unpaired) electrons. The van der Waals surface area contributed by atoms with Crippen LogP contribution in [0.3, 0.4) is 0 Å². The van der Waals surface area contributed by atoms with Gasteiger partial charge in [-0.3, -0.25) is 4.79 Å². The third-order valence-corrected chi connectivity index (χ3v) is 5.54. The maximum absolute atomic E-state index is 11.7. The van der Waals surface area contributed by atoms with Gasteiger partial charge in [0, 0.05) is 32.0 Å². The molecular weight excluding hydrogens is 334 g/mol. The molecule has 0 aromatic carbocycles. The van der Waals surface area contributed by atoms with Crippen molar-refractivity contribution < 1.29 is 14.6 Å². The molecule has 0 aliphatic heterocycles. The van der Waals surface area contributed by atoms with Crippen LogP contribution in [0, 0.1) is 5.92 Å². The Hall–Kier alpha value is -1.93. The Morgan fingerprint density at radius 1 is 1.23 bits per heavy atom. The molecule has 1 heterocycles. The van der Waals surface area contributed by atoms with E-state index in [1.54, 1.807) is 7.11 Å². The summed E-state index contributed by atoms with van der Waals surface area (Å²) >= 11 is 0. The van der Waals surface area contributed by atoms with Crippen molar-refractivity contribution in [2.45, 2.75) is 63.1 Å². The van der Waals surface area contributed by atoms with Gasteiger partial charge in [-0.15, -0.1) is 0 Å². The Kier molecular flexibility index (Phi) is 6.26. The second-order valence-electron chi connectivity index (χ2n) is 7.38. The topological polar surface area (TPSA) is 122 Å². The van der Waals surface area contributed by atoms with E-state index in [1.165, 1.54) is 6.20 Å². The minimum absolute atomic E-state index is 0.185. The van der Waals surface area contributed by atoms with Gasteiger partial charge < -0.3 is 26.2 Å². The minimum Gasteiger partial charge on any atom is -0.396 e. The largest absolute Gasteiger partial charge is 0.396 e. The average Bonchev–Trinajstić information content (AvgIpc) is 3.10. The zero-order chi connectivity index (χ0) is 18.5. The second kappa shape index (κ2) is 8.64. The smallest absolute Gasteiger partial charge is 0.254 e. The van der Waals surface area contributed by atoms with Gasteiger partial charge >= 0.3 is 0 Å². The molecule has 3 rings (SSSR count). The van der Waals surface area contributed by atoms with Gasteiger partial charge in [0.15, 0.2) is 0 Å². The number of carbonyl (C=O) groups excluding carboxylic acids is 1. The molecule has 1 aromatic rings. The first-order valence-corrected chi connectivity index (χ1v) is 9.42. The molecule has 5 N–H and O–H groups in total. The number of hydrogen-bond acceptors (Lipinski definition) is 7. The van der Waals surface area contributed by atoms with E-state index in [2.05, 4.69) is 20.6 Å². The van der Waals surface area contributed by atoms with Crippen molar-refractivity contribution in [2.24, 2.45) is 11.7 Å². The van der Waals surface area contributed by atoms with Crippen molar-refractivity contribution in [1.29, 1.82) is 0 Å². The predicted octanol–water partition coefficient (Wildman–Crippen LogP) is 1.52. The first-order chi connectivity index (χ1) is 12.6. The molecule has 26 heavy (non-hydrogen) atoms. The van der Waals surface area contributed by atoms with Crippen molar-refractivity contribution >= 4 is 17.7 Å². The van der Waals surface area contributed by atoms with Crippen molar-refractivity contribution in [2.75, 3.05) is 24.4 Å². The van der Waals surface area contributed by atoms with Crippen LogP contribution in [0.4, 0.5) is 11.8 Å². The third-order valence-electron chi connectivity index (χ3n) is 5.54. The van der Waals surface area contributed by atoms with E-state index in [0.29, 0.717) is 35.4 Å². The number of aliphatic hydroxyl groups is 1. The number of rotatable bonds is 7. The first-order valence-electron chi connectivity index (χ1n) is 9.42. The van der Waals surface area contributed by atoms with Gasteiger partial charge in [0.25, 0.3) is 5.91 Å². The average molecular weight is 363 g/mol. The van der Waals surface area contributed by atoms with Crippen LogP contribution in [0.2, 0.25) is 0 Å². The van der Waals surface area contributed by atoms with Gasteiger partial charge in [0.2, 0.25) is 5.95 Å². The molecule has 0 bridgehead atoms. The number of amides is 1. The predicted molar refractivity (Wildman–Crippen MR) is 99.1 cm³/mol. The number of ether oxygens (including phenoxy) is 1. The van der Waals surface area contributed by atoms with E-state index < -0.39 is 5.91 Å². The second-order valence-corrected chi connectivity index (χ2v) is 7.38. The number of nitrogens with two attached hydrogens (primary N) is 1. The molecule has 0 saturated heterocycles. The number of anilines is 2. The summed E-state index contributed by atoms with van der Waals surface area (Å²) in [6.07, 6.45) is 8.64. The first kappa shape index (κ1) is 18.8. The normalized spacial score (nSPS) is 28.7. The zero-order valence-electron chi connectivity index (χ0n) is 15.3. The quantitative estimate of drug-likeness (QED) is 0.579. The molecule has 8 heteroatoms. The van der Waals surface area contributed by atoms with Gasteiger partial charge in [0.1, 0.15) is 5.82 Å². The van der Waals surface area contributed by atoms with E-state index in [9.17, 15) is 9.90 Å². The molecule has 0 spiro atoms. The lowest BCUT2D eigenvalue weighted by Crippen LogP contribution is -2.30. The molecule has 144 valence electrons. The van der Waals surface area contributed by atoms with Crippen LogP contribution in [0.25, 0.3) is 0 Å². The van der Waals surface area contributed by atoms with E-state index >= 15 is 0 Å². The fourth-order valence-electron chi connectivity index (χ4n) is 3.93. The molecule has 2 atom stereocenters. The van der Waals surface area contributed by atoms with Gasteiger partial charge in [-0.25, -0.2) is 4.98 Å². The highest BCUT2D eigenvalue weighted by Gasteiger charge is 2.26. The number of hydrogen-bond donors (Lipinski definition) is 4. The fourth-order valence-corrected chi connectivity index (χ4v) is 3.93. The van der Waals surface area contributed by atoms with E-state index in [4.69, 9.17) is 10.5 Å². The van der Waals surface area contributed by atoms with Crippen LogP contribution in [-0.4, -0.2) is 52.9 Å². The SMILES string of the molecule is COC1CCC(Nc2ncc(C(N)=O)c(NC3CC[C@H](CO)C3)n2)CC1. The Bertz CT molecular complexity index is 619. The summed E-state index contributed by atoms with van der Waals surface area (Å²) in [6, 6.07) is 0.490. The van der Waals surface area contributed by atoms with Crippen LogP contribution in [0.5, 0.6) is 0 Å². The van der Waals surface area contributed by atoms with Crippen LogP contribution >= 0.6 is 0 Å². The summed E-state index contributed by atoms with van der Waals surface area (Å²) < 4.78 is 5.40. The van der Waals surface area contributed by atoms with Crippen molar-refractivity contribution in [1.82, 2.24) is 9.97 Å². The Labute approximate surface area is 153 Å². The highest BCUT2D eigenvalue weighted by atomic mass is 16.5. The molecular formula is C18H29N5O3.